The number of benzene rings is 5. The third-order valence-corrected chi connectivity index (χ3v) is 13.5. The molecule has 5 aromatic carbocycles. The summed E-state index contributed by atoms with van der Waals surface area (Å²) in [6.45, 7) is 0. The molecule has 4 aliphatic carbocycles. The minimum Gasteiger partial charge on any atom is -0.330 e. The molecule has 1 aliphatic heterocycles. The van der Waals surface area contributed by atoms with E-state index in [9.17, 15) is 0 Å². The number of anilines is 2. The second-order valence-corrected chi connectivity index (χ2v) is 16.2. The summed E-state index contributed by atoms with van der Waals surface area (Å²) < 4.78 is 4.75. The van der Waals surface area contributed by atoms with Crippen LogP contribution in [0.15, 0.2) is 163 Å². The largest absolute Gasteiger partial charge is 0.330 e. The number of hydrogen-bond acceptors (Lipinski definition) is 4. The Morgan fingerprint density at radius 1 is 0.764 bits per heavy atom. The van der Waals surface area contributed by atoms with Crippen molar-refractivity contribution in [3.05, 3.63) is 179 Å². The number of rotatable bonds is 3. The highest BCUT2D eigenvalue weighted by Crippen LogP contribution is 2.49. The van der Waals surface area contributed by atoms with Crippen molar-refractivity contribution in [2.75, 3.05) is 4.90 Å². The van der Waals surface area contributed by atoms with E-state index in [2.05, 4.69) is 167 Å². The molecule has 5 heteroatoms. The van der Waals surface area contributed by atoms with Crippen LogP contribution in [0.1, 0.15) is 18.4 Å². The summed E-state index contributed by atoms with van der Waals surface area (Å²) in [5.41, 5.74) is 13.7. The molecule has 0 saturated carbocycles. The van der Waals surface area contributed by atoms with Crippen molar-refractivity contribution >= 4 is 81.9 Å². The number of nitrogens with zero attached hydrogens (tertiary/aromatic N) is 4. The normalized spacial score (nSPS) is 19.0. The predicted molar refractivity (Wildman–Crippen MR) is 229 cm³/mol. The van der Waals surface area contributed by atoms with E-state index in [1.807, 2.05) is 0 Å². The van der Waals surface area contributed by atoms with E-state index in [1.165, 1.54) is 76.0 Å². The van der Waals surface area contributed by atoms with Crippen molar-refractivity contribution in [1.29, 1.82) is 0 Å². The van der Waals surface area contributed by atoms with E-state index in [0.717, 1.165) is 45.8 Å². The fourth-order valence-corrected chi connectivity index (χ4v) is 11.2. The van der Waals surface area contributed by atoms with Gasteiger partial charge in [0.05, 0.1) is 38.5 Å². The Labute approximate surface area is 321 Å². The Morgan fingerprint density at radius 3 is 2.58 bits per heavy atom. The fraction of sp³-hybridized carbons (Fsp3) is 0.0800. The van der Waals surface area contributed by atoms with Crippen LogP contribution in [0.3, 0.4) is 0 Å². The average Bonchev–Trinajstić information content (AvgIpc) is 3.90. The average molecular weight is 721 g/mol. The lowest BCUT2D eigenvalue weighted by Gasteiger charge is -2.33. The molecular formula is C50H32N4S. The number of aromatic nitrogens is 3. The zero-order valence-electron chi connectivity index (χ0n) is 29.8. The summed E-state index contributed by atoms with van der Waals surface area (Å²) in [6.07, 6.45) is 20.8. The van der Waals surface area contributed by atoms with Crippen LogP contribution < -0.4 is 15.5 Å². The molecule has 4 heterocycles. The van der Waals surface area contributed by atoms with Gasteiger partial charge in [0, 0.05) is 43.4 Å². The van der Waals surface area contributed by atoms with Gasteiger partial charge < -0.3 is 4.90 Å². The molecule has 0 N–H and O–H groups in total. The molecule has 0 radical (unpaired) electrons. The quantitative estimate of drug-likeness (QED) is 0.182. The monoisotopic (exact) mass is 720 g/mol. The van der Waals surface area contributed by atoms with Gasteiger partial charge in [0.15, 0.2) is 0 Å². The van der Waals surface area contributed by atoms with Gasteiger partial charge in [0.1, 0.15) is 0 Å². The van der Waals surface area contributed by atoms with Crippen molar-refractivity contribution in [1.82, 2.24) is 14.5 Å². The van der Waals surface area contributed by atoms with Crippen LogP contribution in [0.5, 0.6) is 0 Å². The number of fused-ring (bicyclic) bond motifs is 6. The predicted octanol–water partition coefficient (Wildman–Crippen LogP) is 10.9. The maximum absolute atomic E-state index is 5.54. The highest BCUT2D eigenvalue weighted by atomic mass is 32.1. The van der Waals surface area contributed by atoms with Gasteiger partial charge >= 0.3 is 0 Å². The van der Waals surface area contributed by atoms with Gasteiger partial charge in [0.25, 0.3) is 0 Å². The molecule has 0 amide bonds. The summed E-state index contributed by atoms with van der Waals surface area (Å²) in [5, 5.41) is 7.56. The summed E-state index contributed by atoms with van der Waals surface area (Å²) >= 11 is 1.79. The standard InChI is InChI=1S/C50H32N4S/c1-2-13-30(14-3-1)47-49-48(37-18-8-9-23-42(37)55-49)52-50(51-47)54-39-22-11-20-36-34-17-7-6-16-33(34)35-19-10-21-38-43(35)45-40(26-27-41(54)46(45)44(36)39)53(38)32-25-24-29-12-4-5-15-31(29)28-32/h1-10,12-19,21-28,33,38H,11,20H2. The first-order valence-electron chi connectivity index (χ1n) is 19.2. The second kappa shape index (κ2) is 11.0. The van der Waals surface area contributed by atoms with Crippen LogP contribution >= 0.6 is 11.3 Å². The molecule has 3 aromatic heterocycles. The molecule has 0 fully saturated rings. The maximum Gasteiger partial charge on any atom is 0.235 e. The van der Waals surface area contributed by atoms with Crippen LogP contribution in [0.25, 0.3) is 76.4 Å². The molecule has 258 valence electrons. The van der Waals surface area contributed by atoms with Crippen molar-refractivity contribution in [2.45, 2.75) is 18.9 Å². The summed E-state index contributed by atoms with van der Waals surface area (Å²) in [4.78, 5) is 13.6. The van der Waals surface area contributed by atoms with Crippen molar-refractivity contribution in [2.24, 2.45) is 5.92 Å². The zero-order valence-corrected chi connectivity index (χ0v) is 30.6. The third-order valence-electron chi connectivity index (χ3n) is 12.3. The highest BCUT2D eigenvalue weighted by molar-refractivity contribution is 7.26. The topological polar surface area (TPSA) is 34.0 Å². The SMILES string of the molecule is C1=CC2=C3CCC=c4c3c3c5c(ccc3n4-c3nc(-c4ccccc4)c4sc6ccccc6c4n3)N(c3ccc4ccccc4c3)C3C=CC=C(C=53)C2C=C1. The lowest BCUT2D eigenvalue weighted by molar-refractivity contribution is 0.885. The Kier molecular flexibility index (Phi) is 5.97. The zero-order chi connectivity index (χ0) is 35.8. The highest BCUT2D eigenvalue weighted by Gasteiger charge is 2.40. The van der Waals surface area contributed by atoms with Gasteiger partial charge in [-0.05, 0) is 76.2 Å². The Morgan fingerprint density at radius 2 is 1.64 bits per heavy atom. The minimum absolute atomic E-state index is 0.0740. The molecule has 0 saturated heterocycles. The van der Waals surface area contributed by atoms with Crippen LogP contribution in [-0.4, -0.2) is 20.6 Å². The molecule has 4 nitrogen and oxygen atoms in total. The van der Waals surface area contributed by atoms with Crippen LogP contribution in [0.4, 0.5) is 11.4 Å². The van der Waals surface area contributed by atoms with Gasteiger partial charge in [-0.15, -0.1) is 11.3 Å². The molecule has 0 spiro atoms. The summed E-state index contributed by atoms with van der Waals surface area (Å²) in [5.74, 6) is 0.905. The van der Waals surface area contributed by atoms with Crippen LogP contribution in [-0.2, 0) is 0 Å². The van der Waals surface area contributed by atoms with Gasteiger partial charge in [-0.2, -0.15) is 0 Å². The molecule has 55 heavy (non-hydrogen) atoms. The van der Waals surface area contributed by atoms with E-state index < -0.39 is 0 Å². The molecule has 5 aliphatic rings. The summed E-state index contributed by atoms with van der Waals surface area (Å²) in [6, 6.07) is 39.7. The van der Waals surface area contributed by atoms with E-state index in [4.69, 9.17) is 9.97 Å². The van der Waals surface area contributed by atoms with Gasteiger partial charge in [0.2, 0.25) is 5.95 Å². The first-order valence-corrected chi connectivity index (χ1v) is 20.0. The number of allylic oxidation sites excluding steroid dienone is 8. The second-order valence-electron chi connectivity index (χ2n) is 15.1. The molecule has 0 bridgehead atoms. The Balaban J connectivity index is 1.18. The van der Waals surface area contributed by atoms with E-state index in [-0.39, 0.29) is 12.0 Å². The molecular weight excluding hydrogens is 689 g/mol. The van der Waals surface area contributed by atoms with Crippen LogP contribution in [0, 0.1) is 5.92 Å². The fourth-order valence-electron chi connectivity index (χ4n) is 10.1. The lowest BCUT2D eigenvalue weighted by atomic mass is 9.74. The molecule has 2 unspecified atom stereocenters. The van der Waals surface area contributed by atoms with E-state index >= 15 is 0 Å². The number of thiophene rings is 1. The van der Waals surface area contributed by atoms with Crippen molar-refractivity contribution in [3.63, 3.8) is 0 Å². The van der Waals surface area contributed by atoms with E-state index in [1.54, 1.807) is 11.3 Å². The van der Waals surface area contributed by atoms with Crippen molar-refractivity contribution in [3.8, 4) is 17.2 Å². The van der Waals surface area contributed by atoms with Crippen LogP contribution in [0.2, 0.25) is 0 Å². The smallest absolute Gasteiger partial charge is 0.235 e. The molecule has 13 rings (SSSR count). The lowest BCUT2D eigenvalue weighted by Crippen LogP contribution is -2.30. The van der Waals surface area contributed by atoms with Gasteiger partial charge in [-0.1, -0.05) is 127 Å². The molecule has 8 aromatic rings. The first kappa shape index (κ1) is 29.8. The third kappa shape index (κ3) is 4.00. The Hall–Kier alpha value is -6.56. The van der Waals surface area contributed by atoms with Gasteiger partial charge in [-0.25, -0.2) is 9.97 Å². The maximum atomic E-state index is 5.54. The van der Waals surface area contributed by atoms with Gasteiger partial charge in [-0.3, -0.25) is 4.57 Å². The Bertz CT molecular complexity index is 3330. The number of hydrogen-bond donors (Lipinski definition) is 0. The summed E-state index contributed by atoms with van der Waals surface area (Å²) in [7, 11) is 0. The minimum atomic E-state index is 0.0740. The van der Waals surface area contributed by atoms with E-state index in [0.29, 0.717) is 0 Å². The van der Waals surface area contributed by atoms with Crippen molar-refractivity contribution < 1.29 is 0 Å². The molecule has 2 atom stereocenters. The first-order chi connectivity index (χ1) is 27.3.